The number of piperidine rings is 1. The lowest BCUT2D eigenvalue weighted by molar-refractivity contribution is -0.165. The molecule has 1 saturated carbocycles. The Bertz CT molecular complexity index is 1080. The van der Waals surface area contributed by atoms with E-state index in [1.165, 1.54) is 77.0 Å². The Hall–Kier alpha value is -2.42. The molecule has 1 aliphatic heterocycles. The second kappa shape index (κ2) is 31.5. The number of unbranched alkanes of at least 4 members (excludes halogenated alkanes) is 16. The number of carbonyl (C=O) groups is 4. The van der Waals surface area contributed by atoms with Crippen LogP contribution < -0.4 is 0 Å². The van der Waals surface area contributed by atoms with Gasteiger partial charge in [0.15, 0.2) is 0 Å². The molecule has 2 aliphatic rings. The Labute approximate surface area is 348 Å². The van der Waals surface area contributed by atoms with Crippen molar-refractivity contribution >= 4 is 23.9 Å². The number of rotatable bonds is 33. The van der Waals surface area contributed by atoms with E-state index in [0.29, 0.717) is 12.8 Å². The summed E-state index contributed by atoms with van der Waals surface area (Å²) in [6.07, 6.45) is 30.8. The Morgan fingerprint density at radius 2 is 1.09 bits per heavy atom. The van der Waals surface area contributed by atoms with Gasteiger partial charge in [0.05, 0.1) is 11.3 Å². The van der Waals surface area contributed by atoms with Gasteiger partial charge in [0.2, 0.25) is 0 Å². The van der Waals surface area contributed by atoms with Crippen molar-refractivity contribution in [3.63, 3.8) is 0 Å². The van der Waals surface area contributed by atoms with Crippen LogP contribution in [-0.4, -0.2) is 74.8 Å². The second-order valence-electron chi connectivity index (χ2n) is 17.7. The summed E-state index contributed by atoms with van der Waals surface area (Å²) in [5.41, 5.74) is -0.476. The maximum Gasteiger partial charge on any atom is 0.312 e. The third kappa shape index (κ3) is 23.1. The fourth-order valence-corrected chi connectivity index (χ4v) is 8.22. The lowest BCUT2D eigenvalue weighted by atomic mass is 9.80. The van der Waals surface area contributed by atoms with Gasteiger partial charge >= 0.3 is 23.9 Å². The monoisotopic (exact) mass is 804 g/mol. The Balaban J connectivity index is 1.88. The summed E-state index contributed by atoms with van der Waals surface area (Å²) in [4.78, 5) is 54.4. The van der Waals surface area contributed by atoms with Crippen LogP contribution >= 0.6 is 0 Å². The number of nitrogens with zero attached hydrogens (tertiary/aromatic N) is 1. The number of ether oxygens (including phenoxy) is 4. The van der Waals surface area contributed by atoms with E-state index in [-0.39, 0.29) is 68.1 Å². The summed E-state index contributed by atoms with van der Waals surface area (Å²) in [6.45, 7) is 10.4. The highest BCUT2D eigenvalue weighted by atomic mass is 16.6. The van der Waals surface area contributed by atoms with Crippen molar-refractivity contribution in [1.82, 2.24) is 4.90 Å². The number of likely N-dealkylation sites (tertiary alicyclic amines) is 1. The van der Waals surface area contributed by atoms with Gasteiger partial charge in [0, 0.05) is 25.2 Å². The number of hydrogen-bond donors (Lipinski definition) is 0. The molecule has 0 aromatic carbocycles. The topological polar surface area (TPSA) is 108 Å². The van der Waals surface area contributed by atoms with E-state index in [9.17, 15) is 19.2 Å². The van der Waals surface area contributed by atoms with Gasteiger partial charge in [-0.05, 0) is 84.3 Å². The number of carbonyl (C=O) groups excluding carboxylic acids is 4. The molecular formula is C48H85NO8. The third-order valence-electron chi connectivity index (χ3n) is 12.4. The van der Waals surface area contributed by atoms with E-state index in [0.717, 1.165) is 90.1 Å². The highest BCUT2D eigenvalue weighted by molar-refractivity contribution is 5.77. The highest BCUT2D eigenvalue weighted by Gasteiger charge is 2.43. The predicted molar refractivity (Wildman–Crippen MR) is 230 cm³/mol. The van der Waals surface area contributed by atoms with E-state index < -0.39 is 11.3 Å². The molecule has 0 aromatic rings. The molecule has 0 amide bonds. The van der Waals surface area contributed by atoms with Gasteiger partial charge in [-0.25, -0.2) is 0 Å². The minimum absolute atomic E-state index is 0.00773. The Morgan fingerprint density at radius 3 is 1.56 bits per heavy atom. The van der Waals surface area contributed by atoms with Gasteiger partial charge in [-0.15, -0.1) is 0 Å². The summed E-state index contributed by atoms with van der Waals surface area (Å²) >= 11 is 0. The van der Waals surface area contributed by atoms with Crippen LogP contribution in [0.2, 0.25) is 0 Å². The zero-order chi connectivity index (χ0) is 41.6. The van der Waals surface area contributed by atoms with Gasteiger partial charge in [-0.3, -0.25) is 19.2 Å². The van der Waals surface area contributed by atoms with Crippen molar-refractivity contribution in [1.29, 1.82) is 0 Å². The summed E-state index contributed by atoms with van der Waals surface area (Å²) in [5, 5.41) is 0. The van der Waals surface area contributed by atoms with Crippen molar-refractivity contribution in [2.45, 2.75) is 207 Å². The van der Waals surface area contributed by atoms with Crippen LogP contribution in [0.4, 0.5) is 0 Å². The van der Waals surface area contributed by atoms with Crippen LogP contribution in [-0.2, 0) is 38.1 Å². The van der Waals surface area contributed by atoms with E-state index in [1.807, 2.05) is 6.92 Å². The maximum atomic E-state index is 13.4. The minimum atomic E-state index is -0.476. The second-order valence-corrected chi connectivity index (χ2v) is 17.7. The number of allylic oxidation sites excluding steroid dienone is 2. The molecule has 9 heteroatoms. The van der Waals surface area contributed by atoms with Crippen molar-refractivity contribution < 1.29 is 38.1 Å². The fraction of sp³-hybridized carbons (Fsp3) is 0.875. The molecule has 3 unspecified atom stereocenters. The van der Waals surface area contributed by atoms with Gasteiger partial charge in [0.1, 0.15) is 25.9 Å². The van der Waals surface area contributed by atoms with Crippen molar-refractivity contribution in [2.24, 2.45) is 23.2 Å². The zero-order valence-corrected chi connectivity index (χ0v) is 37.3. The SMILES string of the molecule is CC/C=C\CC1C(CC(=O)OCC(COC(=O)CCCCCCCCCCC)COC(=O)CCCCCCCCCCC)CCC1OC(=O)C1(C)CCN(C)CC1. The van der Waals surface area contributed by atoms with E-state index in [1.54, 1.807) is 0 Å². The normalized spacial score (nSPS) is 19.6. The molecule has 0 aromatic heterocycles. The average molecular weight is 804 g/mol. The average Bonchev–Trinajstić information content (AvgIpc) is 3.57. The molecule has 2 fully saturated rings. The van der Waals surface area contributed by atoms with Crippen LogP contribution in [0.15, 0.2) is 12.2 Å². The van der Waals surface area contributed by atoms with Crippen LogP contribution in [0.25, 0.3) is 0 Å². The summed E-state index contributed by atoms with van der Waals surface area (Å²) in [6, 6.07) is 0. The molecule has 0 bridgehead atoms. The maximum absolute atomic E-state index is 13.4. The molecular weight excluding hydrogens is 719 g/mol. The Morgan fingerprint density at radius 1 is 0.632 bits per heavy atom. The smallest absolute Gasteiger partial charge is 0.312 e. The molecule has 330 valence electrons. The molecule has 1 heterocycles. The molecule has 57 heavy (non-hydrogen) atoms. The first-order valence-electron chi connectivity index (χ1n) is 23.6. The van der Waals surface area contributed by atoms with Gasteiger partial charge < -0.3 is 23.8 Å². The Kier molecular flexibility index (Phi) is 28.0. The van der Waals surface area contributed by atoms with Crippen LogP contribution in [0, 0.1) is 23.2 Å². The molecule has 1 aliphatic carbocycles. The van der Waals surface area contributed by atoms with E-state index in [2.05, 4.69) is 44.9 Å². The summed E-state index contributed by atoms with van der Waals surface area (Å²) in [7, 11) is 2.09. The van der Waals surface area contributed by atoms with Crippen LogP contribution in [0.5, 0.6) is 0 Å². The zero-order valence-electron chi connectivity index (χ0n) is 37.3. The van der Waals surface area contributed by atoms with E-state index in [4.69, 9.17) is 18.9 Å². The summed E-state index contributed by atoms with van der Waals surface area (Å²) in [5.74, 6) is -1.34. The summed E-state index contributed by atoms with van der Waals surface area (Å²) < 4.78 is 23.3. The number of hydrogen-bond acceptors (Lipinski definition) is 9. The van der Waals surface area contributed by atoms with Crippen LogP contribution in [0.3, 0.4) is 0 Å². The quantitative estimate of drug-likeness (QED) is 0.0277. The highest BCUT2D eigenvalue weighted by Crippen LogP contribution is 2.41. The van der Waals surface area contributed by atoms with E-state index >= 15 is 0 Å². The lowest BCUT2D eigenvalue weighted by Crippen LogP contribution is -2.43. The van der Waals surface area contributed by atoms with Gasteiger partial charge in [-0.1, -0.05) is 136 Å². The van der Waals surface area contributed by atoms with Crippen LogP contribution in [0.1, 0.15) is 201 Å². The standard InChI is InChI=1S/C48H85NO8/c1-6-9-12-14-16-18-20-22-25-28-44(50)54-37-40(38-55-45(51)29-26-23-21-19-17-15-13-10-7-2)39-56-46(52)36-41-30-31-43(42(41)27-24-11-8-3)57-47(53)48(4)32-34-49(5)35-33-48/h11,24,40-43H,6-10,12-23,25-39H2,1-5H3/b24-11-. The first kappa shape index (κ1) is 50.7. The lowest BCUT2D eigenvalue weighted by Gasteiger charge is -2.37. The number of esters is 4. The van der Waals surface area contributed by atoms with Crippen molar-refractivity contribution in [3.8, 4) is 0 Å². The molecule has 2 rings (SSSR count). The third-order valence-corrected chi connectivity index (χ3v) is 12.4. The van der Waals surface area contributed by atoms with Gasteiger partial charge in [-0.2, -0.15) is 0 Å². The minimum Gasteiger partial charge on any atom is -0.465 e. The predicted octanol–water partition coefficient (Wildman–Crippen LogP) is 11.5. The molecule has 1 saturated heterocycles. The van der Waals surface area contributed by atoms with Crippen molar-refractivity contribution in [3.05, 3.63) is 12.2 Å². The fourth-order valence-electron chi connectivity index (χ4n) is 8.22. The molecule has 9 nitrogen and oxygen atoms in total. The first-order valence-corrected chi connectivity index (χ1v) is 23.6. The molecule has 3 atom stereocenters. The molecule has 0 spiro atoms. The largest absolute Gasteiger partial charge is 0.465 e. The van der Waals surface area contributed by atoms with Gasteiger partial charge in [0.25, 0.3) is 0 Å². The molecule has 0 radical (unpaired) electrons. The first-order chi connectivity index (χ1) is 27.6. The van der Waals surface area contributed by atoms with Crippen molar-refractivity contribution in [2.75, 3.05) is 40.0 Å². The molecule has 0 N–H and O–H groups in total.